The maximum atomic E-state index is 11.4. The molecule has 0 aromatic heterocycles. The van der Waals surface area contributed by atoms with Crippen molar-refractivity contribution < 1.29 is 8.42 Å². The molecule has 0 aromatic carbocycles. The standard InChI is InChI=1S/C7H13N3O2S.ClH/c1-2-3-9-13(11,12)10-6-4-8-5-7-10;/h1,8-9H,3-7H2;1H. The van der Waals surface area contributed by atoms with E-state index in [0.717, 1.165) is 0 Å². The van der Waals surface area contributed by atoms with Gasteiger partial charge in [-0.3, -0.25) is 0 Å². The van der Waals surface area contributed by atoms with Gasteiger partial charge in [0.2, 0.25) is 0 Å². The number of piperazine rings is 1. The van der Waals surface area contributed by atoms with Crippen molar-refractivity contribution in [3.63, 3.8) is 0 Å². The number of rotatable bonds is 3. The van der Waals surface area contributed by atoms with Gasteiger partial charge in [0.15, 0.2) is 0 Å². The van der Waals surface area contributed by atoms with Crippen molar-refractivity contribution in [1.29, 1.82) is 0 Å². The smallest absolute Gasteiger partial charge is 0.280 e. The molecule has 1 aliphatic heterocycles. The number of nitrogens with one attached hydrogen (secondary N) is 2. The molecule has 1 saturated heterocycles. The molecular weight excluding hydrogens is 226 g/mol. The second-order valence-corrected chi connectivity index (χ2v) is 4.43. The molecule has 2 N–H and O–H groups in total. The van der Waals surface area contributed by atoms with Crippen molar-refractivity contribution >= 4 is 22.6 Å². The minimum Gasteiger partial charge on any atom is -0.314 e. The maximum absolute atomic E-state index is 11.4. The largest absolute Gasteiger partial charge is 0.314 e. The zero-order valence-electron chi connectivity index (χ0n) is 7.69. The van der Waals surface area contributed by atoms with Gasteiger partial charge in [0.05, 0.1) is 6.54 Å². The molecule has 0 aromatic rings. The van der Waals surface area contributed by atoms with Crippen LogP contribution >= 0.6 is 12.4 Å². The van der Waals surface area contributed by atoms with E-state index in [9.17, 15) is 8.42 Å². The lowest BCUT2D eigenvalue weighted by Crippen LogP contribution is -2.50. The van der Waals surface area contributed by atoms with Gasteiger partial charge in [-0.1, -0.05) is 5.92 Å². The lowest BCUT2D eigenvalue weighted by atomic mass is 10.4. The summed E-state index contributed by atoms with van der Waals surface area (Å²) in [6.45, 7) is 2.43. The first-order valence-corrected chi connectivity index (χ1v) is 5.50. The molecule has 0 unspecified atom stereocenters. The molecule has 0 radical (unpaired) electrons. The predicted octanol–water partition coefficient (Wildman–Crippen LogP) is -1.22. The van der Waals surface area contributed by atoms with Crippen LogP contribution in [0.3, 0.4) is 0 Å². The zero-order chi connectivity index (χ0) is 9.73. The second-order valence-electron chi connectivity index (χ2n) is 2.68. The normalized spacial score (nSPS) is 18.2. The fraction of sp³-hybridized carbons (Fsp3) is 0.714. The minimum absolute atomic E-state index is 0. The average Bonchev–Trinajstić information content (AvgIpc) is 2.16. The Hall–Kier alpha value is -0.320. The fourth-order valence-electron chi connectivity index (χ4n) is 1.11. The number of terminal acetylenes is 1. The highest BCUT2D eigenvalue weighted by molar-refractivity contribution is 7.87. The number of hydrogen-bond acceptors (Lipinski definition) is 3. The van der Waals surface area contributed by atoms with Crippen LogP contribution in [0.5, 0.6) is 0 Å². The summed E-state index contributed by atoms with van der Waals surface area (Å²) in [4.78, 5) is 0. The van der Waals surface area contributed by atoms with Crippen molar-refractivity contribution in [2.24, 2.45) is 0 Å². The third-order valence-electron chi connectivity index (χ3n) is 1.77. The van der Waals surface area contributed by atoms with E-state index in [1.54, 1.807) is 0 Å². The Balaban J connectivity index is 0.00000169. The highest BCUT2D eigenvalue weighted by Gasteiger charge is 2.22. The van der Waals surface area contributed by atoms with Gasteiger partial charge in [0.25, 0.3) is 10.2 Å². The molecule has 1 heterocycles. The first kappa shape index (κ1) is 13.7. The van der Waals surface area contributed by atoms with E-state index in [2.05, 4.69) is 16.0 Å². The van der Waals surface area contributed by atoms with Crippen LogP contribution in [0.25, 0.3) is 0 Å². The summed E-state index contributed by atoms with van der Waals surface area (Å²) in [6, 6.07) is 0. The molecule has 0 bridgehead atoms. The van der Waals surface area contributed by atoms with Crippen LogP contribution in [-0.4, -0.2) is 45.4 Å². The molecule has 0 amide bonds. The Kier molecular flexibility index (Phi) is 6.08. The molecular formula is C7H14ClN3O2S. The summed E-state index contributed by atoms with van der Waals surface area (Å²) >= 11 is 0. The average molecular weight is 240 g/mol. The first-order chi connectivity index (χ1) is 6.17. The van der Waals surface area contributed by atoms with Crippen LogP contribution in [0.2, 0.25) is 0 Å². The molecule has 1 aliphatic rings. The van der Waals surface area contributed by atoms with Crippen molar-refractivity contribution in [2.45, 2.75) is 0 Å². The van der Waals surface area contributed by atoms with Crippen molar-refractivity contribution in [2.75, 3.05) is 32.7 Å². The van der Waals surface area contributed by atoms with Gasteiger partial charge in [-0.05, 0) is 0 Å². The summed E-state index contributed by atoms with van der Waals surface area (Å²) in [5, 5.41) is 3.07. The summed E-state index contributed by atoms with van der Waals surface area (Å²) in [5.74, 6) is 2.23. The van der Waals surface area contributed by atoms with Crippen LogP contribution in [0.1, 0.15) is 0 Å². The van der Waals surface area contributed by atoms with Crippen molar-refractivity contribution in [3.8, 4) is 12.3 Å². The van der Waals surface area contributed by atoms with Crippen molar-refractivity contribution in [3.05, 3.63) is 0 Å². The lowest BCUT2D eigenvalue weighted by molar-refractivity contribution is 0.356. The highest BCUT2D eigenvalue weighted by atomic mass is 35.5. The summed E-state index contributed by atoms with van der Waals surface area (Å²) in [7, 11) is -3.34. The molecule has 1 fully saturated rings. The predicted molar refractivity (Wildman–Crippen MR) is 57.4 cm³/mol. The van der Waals surface area contributed by atoms with Gasteiger partial charge >= 0.3 is 0 Å². The Morgan fingerprint density at radius 1 is 1.43 bits per heavy atom. The second kappa shape index (κ2) is 6.22. The van der Waals surface area contributed by atoms with E-state index >= 15 is 0 Å². The molecule has 7 heteroatoms. The number of hydrogen-bond donors (Lipinski definition) is 2. The zero-order valence-corrected chi connectivity index (χ0v) is 9.33. The monoisotopic (exact) mass is 239 g/mol. The van der Waals surface area contributed by atoms with Crippen molar-refractivity contribution in [1.82, 2.24) is 14.3 Å². The molecule has 0 saturated carbocycles. The SMILES string of the molecule is C#CCNS(=O)(=O)N1CCNCC1.Cl. The van der Waals surface area contributed by atoms with E-state index in [4.69, 9.17) is 6.42 Å². The van der Waals surface area contributed by atoms with Gasteiger partial charge in [0.1, 0.15) is 0 Å². The van der Waals surface area contributed by atoms with Gasteiger partial charge < -0.3 is 5.32 Å². The van der Waals surface area contributed by atoms with Gasteiger partial charge in [-0.25, -0.2) is 0 Å². The van der Waals surface area contributed by atoms with E-state index in [1.165, 1.54) is 4.31 Å². The minimum atomic E-state index is -3.34. The van der Waals surface area contributed by atoms with E-state index in [1.807, 2.05) is 0 Å². The third kappa shape index (κ3) is 3.82. The summed E-state index contributed by atoms with van der Waals surface area (Å²) in [6.07, 6.45) is 4.96. The number of halogens is 1. The van der Waals surface area contributed by atoms with Gasteiger partial charge in [0, 0.05) is 26.2 Å². The van der Waals surface area contributed by atoms with E-state index in [0.29, 0.717) is 26.2 Å². The van der Waals surface area contributed by atoms with Gasteiger partial charge in [-0.2, -0.15) is 17.4 Å². The molecule has 14 heavy (non-hydrogen) atoms. The quantitative estimate of drug-likeness (QED) is 0.607. The highest BCUT2D eigenvalue weighted by Crippen LogP contribution is 1.98. The molecule has 0 atom stereocenters. The maximum Gasteiger partial charge on any atom is 0.280 e. The molecule has 82 valence electrons. The van der Waals surface area contributed by atoms with E-state index < -0.39 is 10.2 Å². The Bertz CT molecular complexity index is 293. The third-order valence-corrected chi connectivity index (χ3v) is 3.33. The Morgan fingerprint density at radius 2 is 2.00 bits per heavy atom. The lowest BCUT2D eigenvalue weighted by Gasteiger charge is -2.26. The number of nitrogens with zero attached hydrogens (tertiary/aromatic N) is 1. The van der Waals surface area contributed by atoms with E-state index in [-0.39, 0.29) is 19.0 Å². The molecule has 0 aliphatic carbocycles. The summed E-state index contributed by atoms with van der Waals surface area (Å²) in [5.41, 5.74) is 0. The molecule has 0 spiro atoms. The van der Waals surface area contributed by atoms with Crippen LogP contribution in [0, 0.1) is 12.3 Å². The molecule has 5 nitrogen and oxygen atoms in total. The van der Waals surface area contributed by atoms with Crippen LogP contribution in [-0.2, 0) is 10.2 Å². The fourth-order valence-corrected chi connectivity index (χ4v) is 2.22. The topological polar surface area (TPSA) is 61.4 Å². The Morgan fingerprint density at radius 3 is 2.50 bits per heavy atom. The summed E-state index contributed by atoms with van der Waals surface area (Å²) < 4.78 is 26.6. The van der Waals surface area contributed by atoms with Crippen LogP contribution in [0.4, 0.5) is 0 Å². The van der Waals surface area contributed by atoms with Gasteiger partial charge in [-0.15, -0.1) is 18.8 Å². The first-order valence-electron chi connectivity index (χ1n) is 4.06. The molecule has 1 rings (SSSR count). The van der Waals surface area contributed by atoms with Crippen LogP contribution < -0.4 is 10.0 Å². The Labute approximate surface area is 90.8 Å². The van der Waals surface area contributed by atoms with Crippen LogP contribution in [0.15, 0.2) is 0 Å².